The maximum absolute atomic E-state index is 11.9. The molecule has 2 N–H and O–H groups in total. The summed E-state index contributed by atoms with van der Waals surface area (Å²) in [7, 11) is 0. The summed E-state index contributed by atoms with van der Waals surface area (Å²) in [6.45, 7) is 11.6. The Balaban J connectivity index is 2.86. The monoisotopic (exact) mass is 293 g/mol. The number of amides is 1. The lowest BCUT2D eigenvalue weighted by Gasteiger charge is -2.23. The Morgan fingerprint density at radius 3 is 2.38 bits per heavy atom. The quantitative estimate of drug-likeness (QED) is 0.885. The molecule has 0 aliphatic rings. The zero-order chi connectivity index (χ0) is 16.3. The van der Waals surface area contributed by atoms with Gasteiger partial charge in [-0.1, -0.05) is 26.0 Å². The molecule has 1 amide bonds. The molecule has 0 bridgehead atoms. The molecule has 1 aromatic carbocycles. The smallest absolute Gasteiger partial charge is 0.412 e. The molecule has 0 saturated heterocycles. The first-order valence-electron chi connectivity index (χ1n) is 7.23. The zero-order valence-electron chi connectivity index (χ0n) is 13.9. The highest BCUT2D eigenvalue weighted by Crippen LogP contribution is 2.25. The predicted octanol–water partition coefficient (Wildman–Crippen LogP) is 3.90. The van der Waals surface area contributed by atoms with Gasteiger partial charge in [0.1, 0.15) is 5.60 Å². The fourth-order valence-corrected chi connectivity index (χ4v) is 1.94. The molecule has 0 heterocycles. The SMILES string of the molecule is Cc1ccc(CC(C)(C)CO)cc1NC(=O)OC(C)(C)C. The van der Waals surface area contributed by atoms with Crippen molar-refractivity contribution in [2.75, 3.05) is 11.9 Å². The van der Waals surface area contributed by atoms with Crippen LogP contribution in [0.1, 0.15) is 45.7 Å². The first kappa shape index (κ1) is 17.5. The average molecular weight is 293 g/mol. The molecule has 0 aliphatic carbocycles. The summed E-state index contributed by atoms with van der Waals surface area (Å²) in [6.07, 6.45) is 0.288. The summed E-state index contributed by atoms with van der Waals surface area (Å²) in [5, 5.41) is 12.1. The molecule has 0 aliphatic heterocycles. The van der Waals surface area contributed by atoms with Crippen molar-refractivity contribution in [3.8, 4) is 0 Å². The van der Waals surface area contributed by atoms with Gasteiger partial charge in [0.25, 0.3) is 0 Å². The van der Waals surface area contributed by atoms with Crippen molar-refractivity contribution >= 4 is 11.8 Å². The number of benzene rings is 1. The van der Waals surface area contributed by atoms with E-state index in [4.69, 9.17) is 4.74 Å². The molecule has 4 heteroatoms. The van der Waals surface area contributed by atoms with Crippen LogP contribution in [0.3, 0.4) is 0 Å². The minimum Gasteiger partial charge on any atom is -0.444 e. The second-order valence-electron chi connectivity index (χ2n) is 7.28. The van der Waals surface area contributed by atoms with Gasteiger partial charge < -0.3 is 9.84 Å². The molecule has 0 radical (unpaired) electrons. The maximum Gasteiger partial charge on any atom is 0.412 e. The van der Waals surface area contributed by atoms with Gasteiger partial charge in [-0.3, -0.25) is 5.32 Å². The highest BCUT2D eigenvalue weighted by molar-refractivity contribution is 5.86. The lowest BCUT2D eigenvalue weighted by Crippen LogP contribution is -2.27. The van der Waals surface area contributed by atoms with Gasteiger partial charge in [0.05, 0.1) is 0 Å². The zero-order valence-corrected chi connectivity index (χ0v) is 13.9. The van der Waals surface area contributed by atoms with E-state index in [0.29, 0.717) is 0 Å². The summed E-state index contributed by atoms with van der Waals surface area (Å²) in [5.41, 5.74) is 2.10. The van der Waals surface area contributed by atoms with Crippen molar-refractivity contribution in [1.29, 1.82) is 0 Å². The van der Waals surface area contributed by atoms with Crippen LogP contribution in [-0.2, 0) is 11.2 Å². The van der Waals surface area contributed by atoms with Crippen LogP contribution in [0.15, 0.2) is 18.2 Å². The minimum atomic E-state index is -0.519. The van der Waals surface area contributed by atoms with Crippen molar-refractivity contribution in [2.24, 2.45) is 5.41 Å². The molecule has 0 fully saturated rings. The first-order chi connectivity index (χ1) is 9.52. The number of anilines is 1. The lowest BCUT2D eigenvalue weighted by atomic mass is 9.86. The Morgan fingerprint density at radius 2 is 1.86 bits per heavy atom. The van der Waals surface area contributed by atoms with Gasteiger partial charge in [-0.25, -0.2) is 4.79 Å². The van der Waals surface area contributed by atoms with Crippen LogP contribution >= 0.6 is 0 Å². The van der Waals surface area contributed by atoms with E-state index < -0.39 is 11.7 Å². The van der Waals surface area contributed by atoms with E-state index in [1.54, 1.807) is 0 Å². The molecule has 0 atom stereocenters. The van der Waals surface area contributed by atoms with Crippen LogP contribution in [0.5, 0.6) is 0 Å². The number of carbonyl (C=O) groups is 1. The summed E-state index contributed by atoms with van der Waals surface area (Å²) in [5.74, 6) is 0. The number of aliphatic hydroxyl groups is 1. The summed E-state index contributed by atoms with van der Waals surface area (Å²) in [4.78, 5) is 11.9. The first-order valence-corrected chi connectivity index (χ1v) is 7.23. The molecule has 1 aromatic rings. The number of aliphatic hydroxyl groups excluding tert-OH is 1. The van der Waals surface area contributed by atoms with Gasteiger partial charge in [-0.2, -0.15) is 0 Å². The van der Waals surface area contributed by atoms with Gasteiger partial charge in [0, 0.05) is 12.3 Å². The Hall–Kier alpha value is -1.55. The van der Waals surface area contributed by atoms with Crippen LogP contribution in [0.4, 0.5) is 10.5 Å². The average Bonchev–Trinajstić information content (AvgIpc) is 2.31. The molecule has 0 saturated carbocycles. The number of hydrogen-bond acceptors (Lipinski definition) is 3. The van der Waals surface area contributed by atoms with Gasteiger partial charge >= 0.3 is 6.09 Å². The second kappa shape index (κ2) is 6.48. The van der Waals surface area contributed by atoms with Gasteiger partial charge in [0.15, 0.2) is 0 Å². The number of ether oxygens (including phenoxy) is 1. The number of rotatable bonds is 4. The molecule has 4 nitrogen and oxygen atoms in total. The van der Waals surface area contributed by atoms with Crippen molar-refractivity contribution < 1.29 is 14.6 Å². The molecule has 118 valence electrons. The third-order valence-electron chi connectivity index (χ3n) is 3.05. The third-order valence-corrected chi connectivity index (χ3v) is 3.05. The fraction of sp³-hybridized carbons (Fsp3) is 0.588. The van der Waals surface area contributed by atoms with Crippen molar-refractivity contribution in [2.45, 2.75) is 53.6 Å². The van der Waals surface area contributed by atoms with Gasteiger partial charge in [-0.05, 0) is 56.7 Å². The van der Waals surface area contributed by atoms with Gasteiger partial charge in [-0.15, -0.1) is 0 Å². The fourth-order valence-electron chi connectivity index (χ4n) is 1.94. The minimum absolute atomic E-state index is 0.121. The van der Waals surface area contributed by atoms with Crippen LogP contribution in [0.25, 0.3) is 0 Å². The molecular weight excluding hydrogens is 266 g/mol. The van der Waals surface area contributed by atoms with E-state index in [1.165, 1.54) is 0 Å². The van der Waals surface area contributed by atoms with E-state index in [2.05, 4.69) is 5.32 Å². The van der Waals surface area contributed by atoms with E-state index in [9.17, 15) is 9.90 Å². The van der Waals surface area contributed by atoms with E-state index in [-0.39, 0.29) is 12.0 Å². The molecular formula is C17H27NO3. The number of aryl methyl sites for hydroxylation is 1. The normalized spacial score (nSPS) is 12.1. The van der Waals surface area contributed by atoms with E-state index in [0.717, 1.165) is 23.2 Å². The van der Waals surface area contributed by atoms with Crippen molar-refractivity contribution in [1.82, 2.24) is 0 Å². The van der Waals surface area contributed by atoms with Crippen LogP contribution in [0.2, 0.25) is 0 Å². The highest BCUT2D eigenvalue weighted by Gasteiger charge is 2.19. The number of hydrogen-bond donors (Lipinski definition) is 2. The maximum atomic E-state index is 11.9. The topological polar surface area (TPSA) is 58.6 Å². The van der Waals surface area contributed by atoms with E-state index in [1.807, 2.05) is 59.7 Å². The van der Waals surface area contributed by atoms with Crippen LogP contribution in [0, 0.1) is 12.3 Å². The molecule has 1 rings (SSSR count). The molecule has 21 heavy (non-hydrogen) atoms. The summed E-state index contributed by atoms with van der Waals surface area (Å²) < 4.78 is 5.27. The van der Waals surface area contributed by atoms with Gasteiger partial charge in [0.2, 0.25) is 0 Å². The Bertz CT molecular complexity index is 501. The highest BCUT2D eigenvalue weighted by atomic mass is 16.6. The molecule has 0 spiro atoms. The van der Waals surface area contributed by atoms with E-state index >= 15 is 0 Å². The second-order valence-corrected chi connectivity index (χ2v) is 7.28. The largest absolute Gasteiger partial charge is 0.444 e. The van der Waals surface area contributed by atoms with Crippen molar-refractivity contribution in [3.63, 3.8) is 0 Å². The number of carbonyl (C=O) groups excluding carboxylic acids is 1. The van der Waals surface area contributed by atoms with Crippen LogP contribution < -0.4 is 5.32 Å². The Kier molecular flexibility index (Phi) is 5.40. The van der Waals surface area contributed by atoms with Crippen LogP contribution in [-0.4, -0.2) is 23.4 Å². The predicted molar refractivity (Wildman–Crippen MR) is 85.6 cm³/mol. The third kappa shape index (κ3) is 6.17. The standard InChI is InChI=1S/C17H27NO3/c1-12-7-8-13(10-17(5,6)11-19)9-14(12)18-15(20)21-16(2,3)4/h7-9,19H,10-11H2,1-6H3,(H,18,20). The molecule has 0 aromatic heterocycles. The molecule has 0 unspecified atom stereocenters. The number of nitrogens with one attached hydrogen (secondary N) is 1. The summed E-state index contributed by atoms with van der Waals surface area (Å²) in [6, 6.07) is 5.93. The Morgan fingerprint density at radius 1 is 1.24 bits per heavy atom. The Labute approximate surface area is 127 Å². The lowest BCUT2D eigenvalue weighted by molar-refractivity contribution is 0.0636. The summed E-state index contributed by atoms with van der Waals surface area (Å²) >= 11 is 0. The van der Waals surface area contributed by atoms with Crippen molar-refractivity contribution in [3.05, 3.63) is 29.3 Å².